The van der Waals surface area contributed by atoms with Gasteiger partial charge < -0.3 is 10.1 Å². The molecule has 3 rings (SSSR count). The van der Waals surface area contributed by atoms with Crippen LogP contribution in [-0.4, -0.2) is 19.3 Å². The zero-order valence-corrected chi connectivity index (χ0v) is 12.3. The second-order valence-corrected chi connectivity index (χ2v) is 5.31. The van der Waals surface area contributed by atoms with Gasteiger partial charge in [-0.05, 0) is 12.1 Å². The maximum atomic E-state index is 11.0. The summed E-state index contributed by atoms with van der Waals surface area (Å²) in [5, 5.41) is 11.0. The number of nitro groups is 1. The fourth-order valence-corrected chi connectivity index (χ4v) is 2.52. The lowest BCUT2D eigenvalue weighted by Gasteiger charge is -2.04. The van der Waals surface area contributed by atoms with E-state index in [9.17, 15) is 10.1 Å². The molecule has 0 unspecified atom stereocenters. The molecule has 0 saturated heterocycles. The van der Waals surface area contributed by atoms with Crippen LogP contribution in [0.5, 0.6) is 0 Å². The molecule has 0 bridgehead atoms. The van der Waals surface area contributed by atoms with Crippen LogP contribution < -0.4 is 5.73 Å². The number of imidazole rings is 1. The van der Waals surface area contributed by atoms with E-state index in [1.165, 1.54) is 12.1 Å². The molecule has 0 radical (unpaired) electrons. The van der Waals surface area contributed by atoms with Crippen molar-refractivity contribution in [3.63, 3.8) is 0 Å². The molecule has 0 atom stereocenters. The number of nitrogens with zero attached hydrogens (tertiary/aromatic N) is 3. The van der Waals surface area contributed by atoms with Gasteiger partial charge in [0.1, 0.15) is 5.65 Å². The number of nitro benzene ring substituents is 1. The topological polar surface area (TPSA) is 86.5 Å². The number of aromatic nitrogens is 2. The minimum absolute atomic E-state index is 0.0239. The average molecular weight is 312 g/mol. The fourth-order valence-electron chi connectivity index (χ4n) is 2.38. The molecule has 0 fully saturated rings. The average Bonchev–Trinajstić information content (AvgIpc) is 2.86. The first-order valence-electron chi connectivity index (χ1n) is 6.55. The van der Waals surface area contributed by atoms with Crippen LogP contribution in [-0.2, 0) is 6.42 Å². The van der Waals surface area contributed by atoms with Crippen molar-refractivity contribution in [3.05, 3.63) is 64.5 Å². The molecule has 22 heavy (non-hydrogen) atoms. The van der Waals surface area contributed by atoms with Crippen LogP contribution in [0.2, 0.25) is 0 Å². The number of nitrogens with two attached hydrogens (primary N) is 1. The fraction of sp³-hybridized carbons (Fsp3) is 0.0667. The molecule has 0 spiro atoms. The van der Waals surface area contributed by atoms with Gasteiger partial charge in [0.15, 0.2) is 0 Å². The van der Waals surface area contributed by atoms with Gasteiger partial charge in [0, 0.05) is 30.3 Å². The van der Waals surface area contributed by atoms with Crippen LogP contribution >= 0.6 is 12.2 Å². The lowest BCUT2D eigenvalue weighted by Crippen LogP contribution is -2.13. The van der Waals surface area contributed by atoms with E-state index in [1.807, 2.05) is 28.8 Å². The van der Waals surface area contributed by atoms with Gasteiger partial charge in [0.05, 0.1) is 21.3 Å². The summed E-state index contributed by atoms with van der Waals surface area (Å²) in [4.78, 5) is 15.4. The monoisotopic (exact) mass is 312 g/mol. The van der Waals surface area contributed by atoms with Gasteiger partial charge >= 0.3 is 0 Å². The molecule has 0 amide bonds. The second kappa shape index (κ2) is 5.53. The highest BCUT2D eigenvalue weighted by molar-refractivity contribution is 7.80. The van der Waals surface area contributed by atoms with Crippen LogP contribution in [0.15, 0.2) is 48.7 Å². The van der Waals surface area contributed by atoms with Gasteiger partial charge in [-0.3, -0.25) is 10.1 Å². The maximum Gasteiger partial charge on any atom is 0.270 e. The summed E-state index contributed by atoms with van der Waals surface area (Å²) in [6, 6.07) is 12.0. The highest BCUT2D eigenvalue weighted by Crippen LogP contribution is 2.27. The van der Waals surface area contributed by atoms with Gasteiger partial charge in [-0.25, -0.2) is 4.98 Å². The van der Waals surface area contributed by atoms with Crippen molar-refractivity contribution >= 4 is 28.5 Å². The summed E-state index contributed by atoms with van der Waals surface area (Å²) >= 11 is 5.01. The number of hydrogen-bond donors (Lipinski definition) is 1. The molecule has 110 valence electrons. The molecule has 2 aromatic heterocycles. The number of thiocarbonyl (C=S) groups is 1. The van der Waals surface area contributed by atoms with Crippen molar-refractivity contribution in [2.45, 2.75) is 6.42 Å². The smallest absolute Gasteiger partial charge is 0.270 e. The molecule has 7 heteroatoms. The van der Waals surface area contributed by atoms with E-state index in [1.54, 1.807) is 12.1 Å². The first kappa shape index (κ1) is 14.2. The number of rotatable bonds is 4. The summed E-state index contributed by atoms with van der Waals surface area (Å²) in [7, 11) is 0. The van der Waals surface area contributed by atoms with Crippen LogP contribution in [0.25, 0.3) is 16.9 Å². The molecule has 6 nitrogen and oxygen atoms in total. The van der Waals surface area contributed by atoms with E-state index >= 15 is 0 Å². The molecule has 2 N–H and O–H groups in total. The Morgan fingerprint density at radius 2 is 2.14 bits per heavy atom. The number of pyridine rings is 1. The summed E-state index contributed by atoms with van der Waals surface area (Å²) in [5.74, 6) is 0. The molecule has 0 aliphatic heterocycles. The highest BCUT2D eigenvalue weighted by atomic mass is 32.1. The van der Waals surface area contributed by atoms with Gasteiger partial charge in [0.2, 0.25) is 0 Å². The van der Waals surface area contributed by atoms with E-state index in [-0.39, 0.29) is 5.69 Å². The first-order chi connectivity index (χ1) is 10.6. The summed E-state index contributed by atoms with van der Waals surface area (Å²) in [6.07, 6.45) is 2.25. The van der Waals surface area contributed by atoms with Crippen LogP contribution in [0, 0.1) is 10.1 Å². The summed E-state index contributed by atoms with van der Waals surface area (Å²) in [5.41, 5.74) is 8.60. The Labute approximate surface area is 131 Å². The maximum absolute atomic E-state index is 11.0. The van der Waals surface area contributed by atoms with Crippen molar-refractivity contribution in [1.29, 1.82) is 0 Å². The molecule has 0 aliphatic rings. The molecule has 3 aromatic rings. The van der Waals surface area contributed by atoms with E-state index in [0.717, 1.165) is 11.3 Å². The molecule has 1 aromatic carbocycles. The number of benzene rings is 1. The summed E-state index contributed by atoms with van der Waals surface area (Å²) in [6.45, 7) is 0. The minimum atomic E-state index is -0.424. The Kier molecular flexibility index (Phi) is 3.56. The lowest BCUT2D eigenvalue weighted by molar-refractivity contribution is -0.384. The molecule has 0 saturated carbocycles. The number of fused-ring (bicyclic) bond motifs is 1. The van der Waals surface area contributed by atoms with Crippen molar-refractivity contribution in [2.75, 3.05) is 0 Å². The van der Waals surface area contributed by atoms with Crippen LogP contribution in [0.1, 0.15) is 5.69 Å². The van der Waals surface area contributed by atoms with E-state index < -0.39 is 4.92 Å². The molecule has 0 aliphatic carbocycles. The predicted octanol–water partition coefficient (Wildman–Crippen LogP) is 2.74. The zero-order chi connectivity index (χ0) is 15.7. The van der Waals surface area contributed by atoms with Gasteiger partial charge in [0.25, 0.3) is 5.69 Å². The lowest BCUT2D eigenvalue weighted by atomic mass is 10.1. The molecular weight excluding hydrogens is 300 g/mol. The Hall–Kier alpha value is -2.80. The third-order valence-electron chi connectivity index (χ3n) is 3.30. The van der Waals surface area contributed by atoms with Gasteiger partial charge in [-0.2, -0.15) is 0 Å². The Morgan fingerprint density at radius 1 is 1.32 bits per heavy atom. The standard InChI is InChI=1S/C15H12N4O2S/c16-13(22)9-12-15(17-14-6-1-2-7-18(12)14)10-4-3-5-11(8-10)19(20)21/h1-8H,9H2,(H2,16,22). The van der Waals surface area contributed by atoms with Crippen molar-refractivity contribution < 1.29 is 4.92 Å². The Balaban J connectivity index is 2.23. The van der Waals surface area contributed by atoms with Crippen LogP contribution in [0.3, 0.4) is 0 Å². The van der Waals surface area contributed by atoms with E-state index in [2.05, 4.69) is 4.98 Å². The van der Waals surface area contributed by atoms with E-state index in [0.29, 0.717) is 22.7 Å². The third kappa shape index (κ3) is 2.53. The predicted molar refractivity (Wildman–Crippen MR) is 87.8 cm³/mol. The van der Waals surface area contributed by atoms with E-state index in [4.69, 9.17) is 18.0 Å². The summed E-state index contributed by atoms with van der Waals surface area (Å²) < 4.78 is 1.90. The number of non-ortho nitro benzene ring substituents is 1. The van der Waals surface area contributed by atoms with Crippen molar-refractivity contribution in [3.8, 4) is 11.3 Å². The molecule has 2 heterocycles. The van der Waals surface area contributed by atoms with Gasteiger partial charge in [-0.15, -0.1) is 0 Å². The Morgan fingerprint density at radius 3 is 2.86 bits per heavy atom. The third-order valence-corrected chi connectivity index (χ3v) is 3.45. The highest BCUT2D eigenvalue weighted by Gasteiger charge is 2.16. The van der Waals surface area contributed by atoms with Crippen molar-refractivity contribution in [2.24, 2.45) is 5.73 Å². The Bertz CT molecular complexity index is 888. The second-order valence-electron chi connectivity index (χ2n) is 4.79. The SMILES string of the molecule is NC(=S)Cc1c(-c2cccc([N+](=O)[O-])c2)nc2ccccn12. The number of hydrogen-bond acceptors (Lipinski definition) is 4. The largest absolute Gasteiger partial charge is 0.393 e. The zero-order valence-electron chi connectivity index (χ0n) is 11.5. The van der Waals surface area contributed by atoms with Gasteiger partial charge in [-0.1, -0.05) is 30.4 Å². The molecular formula is C15H12N4O2S. The van der Waals surface area contributed by atoms with Crippen LogP contribution in [0.4, 0.5) is 5.69 Å². The first-order valence-corrected chi connectivity index (χ1v) is 6.96. The normalized spacial score (nSPS) is 10.7. The van der Waals surface area contributed by atoms with Crippen molar-refractivity contribution in [1.82, 2.24) is 9.38 Å². The quantitative estimate of drug-likeness (QED) is 0.455. The minimum Gasteiger partial charge on any atom is -0.393 e.